The molecule has 0 unspecified atom stereocenters. The van der Waals surface area contributed by atoms with Gasteiger partial charge in [-0.15, -0.1) is 0 Å². The van der Waals surface area contributed by atoms with Gasteiger partial charge < -0.3 is 9.13 Å². The summed E-state index contributed by atoms with van der Waals surface area (Å²) in [5.74, 6) is 2.66. The minimum absolute atomic E-state index is 0.497. The summed E-state index contributed by atoms with van der Waals surface area (Å²) in [6.45, 7) is 6.01. The van der Waals surface area contributed by atoms with Gasteiger partial charge in [-0.1, -0.05) is 27.5 Å². The third-order valence-corrected chi connectivity index (χ3v) is 12.2. The maximum Gasteiger partial charge on any atom is 0.160 e. The normalized spacial score (nSPS) is 12.5. The van der Waals surface area contributed by atoms with Crippen molar-refractivity contribution in [3.8, 4) is 51.2 Å². The Balaban J connectivity index is 0.000000104. The first-order valence-electron chi connectivity index (χ1n) is 17.5. The molecule has 0 amide bonds. The molecule has 0 radical (unpaired) electrons. The van der Waals surface area contributed by atoms with Gasteiger partial charge in [0, 0.05) is 28.3 Å². The molecule has 0 saturated carbocycles. The van der Waals surface area contributed by atoms with E-state index in [0.29, 0.717) is 24.8 Å². The lowest BCUT2D eigenvalue weighted by atomic mass is 10.1. The Labute approximate surface area is 365 Å². The van der Waals surface area contributed by atoms with E-state index in [-0.39, 0.29) is 0 Å². The number of aromatic nitrogens is 15. The van der Waals surface area contributed by atoms with Crippen molar-refractivity contribution >= 4 is 72.7 Å². The highest BCUT2D eigenvalue weighted by Crippen LogP contribution is 2.35. The molecule has 9 aromatic rings. The number of aryl methyl sites for hydroxylation is 2. The monoisotopic (exact) mass is 1060 g/mol. The van der Waals surface area contributed by atoms with Crippen LogP contribution in [0, 0.1) is 21.0 Å². The van der Waals surface area contributed by atoms with Crippen LogP contribution in [-0.4, -0.2) is 72.9 Å². The van der Waals surface area contributed by atoms with Gasteiger partial charge in [0.15, 0.2) is 22.6 Å². The first-order chi connectivity index (χ1) is 27.7. The van der Waals surface area contributed by atoms with Crippen molar-refractivity contribution in [2.45, 2.75) is 33.5 Å². The lowest BCUT2D eigenvalue weighted by Gasteiger charge is -2.08. The van der Waals surface area contributed by atoms with Gasteiger partial charge in [0.1, 0.15) is 25.3 Å². The van der Waals surface area contributed by atoms with Crippen LogP contribution in [-0.2, 0) is 19.6 Å². The van der Waals surface area contributed by atoms with Crippen LogP contribution < -0.4 is 0 Å². The predicted molar refractivity (Wildman–Crippen MR) is 233 cm³/mol. The molecule has 0 atom stereocenters. The Morgan fingerprint density at radius 1 is 0.526 bits per heavy atom. The highest BCUT2D eigenvalue weighted by molar-refractivity contribution is 14.1. The average molecular weight is 1060 g/mol. The summed E-state index contributed by atoms with van der Waals surface area (Å²) >= 11 is 14.3. The van der Waals surface area contributed by atoms with E-state index in [0.717, 1.165) is 84.2 Å². The van der Waals surface area contributed by atoms with Gasteiger partial charge in [-0.25, -0.2) is 43.9 Å². The number of fused-ring (bicyclic) bond motifs is 15. The Hall–Kier alpha value is -5.06. The van der Waals surface area contributed by atoms with Crippen molar-refractivity contribution in [2.75, 3.05) is 0 Å². The van der Waals surface area contributed by atoms with E-state index in [4.69, 9.17) is 11.6 Å². The molecule has 3 aliphatic heterocycles. The Kier molecular flexibility index (Phi) is 9.17. The highest BCUT2D eigenvalue weighted by atomic mass is 127. The lowest BCUT2D eigenvalue weighted by Crippen LogP contribution is -2.05. The molecular formula is C38H27BrClI2N15. The van der Waals surface area contributed by atoms with Gasteiger partial charge in [0.05, 0.1) is 77.8 Å². The first kappa shape index (κ1) is 36.3. The van der Waals surface area contributed by atoms with Crippen molar-refractivity contribution in [2.24, 2.45) is 0 Å². The molecule has 9 heterocycles. The highest BCUT2D eigenvalue weighted by Gasteiger charge is 2.25. The minimum atomic E-state index is 0.497. The first-order valence-corrected chi connectivity index (χ1v) is 20.9. The van der Waals surface area contributed by atoms with Crippen LogP contribution in [0.5, 0.6) is 0 Å². The third-order valence-electron chi connectivity index (χ3n) is 10.1. The predicted octanol–water partition coefficient (Wildman–Crippen LogP) is 7.72. The number of rotatable bonds is 0. The molecule has 12 rings (SSSR count). The van der Waals surface area contributed by atoms with E-state index in [9.17, 15) is 0 Å². The molecule has 0 saturated heterocycles. The van der Waals surface area contributed by atoms with E-state index >= 15 is 0 Å². The summed E-state index contributed by atoms with van der Waals surface area (Å²) in [6.07, 6.45) is 10.3. The molecule has 3 aromatic carbocycles. The maximum absolute atomic E-state index is 6.16. The molecule has 0 aliphatic carbocycles. The molecule has 3 aliphatic rings. The molecular weight excluding hydrogens is 1040 g/mol. The average Bonchev–Trinajstić information content (AvgIpc) is 4.07. The smallest absolute Gasteiger partial charge is 0.160 e. The third kappa shape index (κ3) is 6.32. The zero-order valence-electron chi connectivity index (χ0n) is 30.0. The van der Waals surface area contributed by atoms with Gasteiger partial charge in [0.25, 0.3) is 0 Å². The summed E-state index contributed by atoms with van der Waals surface area (Å²) in [4.78, 5) is 26.2. The lowest BCUT2D eigenvalue weighted by molar-refractivity contribution is 0.674. The van der Waals surface area contributed by atoms with E-state index in [1.165, 1.54) is 7.14 Å². The summed E-state index contributed by atoms with van der Waals surface area (Å²) < 4.78 is 15.3. The number of hydrogen-bond donors (Lipinski definition) is 0. The summed E-state index contributed by atoms with van der Waals surface area (Å²) in [7, 11) is 0. The summed E-state index contributed by atoms with van der Waals surface area (Å²) in [6, 6.07) is 18.8. The van der Waals surface area contributed by atoms with E-state index in [1.54, 1.807) is 25.3 Å². The van der Waals surface area contributed by atoms with Gasteiger partial charge in [-0.05, 0) is 114 Å². The van der Waals surface area contributed by atoms with Gasteiger partial charge in [0.2, 0.25) is 0 Å². The topological polar surface area (TPSA) is 146 Å². The Morgan fingerprint density at radius 2 is 0.930 bits per heavy atom. The SMILES string of the molecule is Cc1ncn2c1Cn1ncnc1-c1cc(I)ccc1-2.Cc1ncn2c1Cn1ncnc1-c1cc(I)ccc1-2.Clc1ncn2c1Cn1ncnc1-c1cc(Br)ccc1-2. The molecule has 0 fully saturated rings. The fourth-order valence-corrected chi connectivity index (χ4v) is 8.84. The number of nitrogens with zero attached hydrogens (tertiary/aromatic N) is 15. The van der Waals surface area contributed by atoms with E-state index in [2.05, 4.69) is 152 Å². The van der Waals surface area contributed by atoms with Crippen LogP contribution in [0.2, 0.25) is 5.15 Å². The Bertz CT molecular complexity index is 2690. The van der Waals surface area contributed by atoms with Crippen LogP contribution in [0.25, 0.3) is 51.2 Å². The molecule has 19 heteroatoms. The second kappa shape index (κ2) is 14.4. The van der Waals surface area contributed by atoms with E-state index < -0.39 is 0 Å². The molecule has 57 heavy (non-hydrogen) atoms. The van der Waals surface area contributed by atoms with E-state index in [1.807, 2.05) is 63.3 Å². The van der Waals surface area contributed by atoms with Crippen molar-refractivity contribution in [1.29, 1.82) is 0 Å². The zero-order chi connectivity index (χ0) is 38.9. The largest absolute Gasteiger partial charge is 0.300 e. The van der Waals surface area contributed by atoms with Crippen molar-refractivity contribution in [1.82, 2.24) is 72.9 Å². The van der Waals surface area contributed by atoms with Crippen molar-refractivity contribution in [3.05, 3.63) is 138 Å². The molecule has 0 bridgehead atoms. The van der Waals surface area contributed by atoms with Crippen LogP contribution in [0.15, 0.2) is 97.0 Å². The molecule has 6 aromatic heterocycles. The zero-order valence-corrected chi connectivity index (χ0v) is 36.7. The van der Waals surface area contributed by atoms with Crippen LogP contribution in [0.1, 0.15) is 28.5 Å². The van der Waals surface area contributed by atoms with Gasteiger partial charge in [-0.2, -0.15) is 15.3 Å². The van der Waals surface area contributed by atoms with Crippen LogP contribution in [0.3, 0.4) is 0 Å². The van der Waals surface area contributed by atoms with Crippen LogP contribution >= 0.6 is 72.7 Å². The molecule has 15 nitrogen and oxygen atoms in total. The van der Waals surface area contributed by atoms with Crippen molar-refractivity contribution < 1.29 is 0 Å². The number of imidazole rings is 3. The minimum Gasteiger partial charge on any atom is -0.300 e. The second-order valence-electron chi connectivity index (χ2n) is 13.4. The fraction of sp³-hybridized carbons (Fsp3) is 0.132. The standard InChI is InChI=1S/2C13H10IN5.C12H7BrClN5/c2*1-8-12-5-19-13(15-6-17-19)10-4-9(14)2-3-11(10)18(12)7-16-8;13-7-1-2-9-8(3-7)12-15-5-17-19(12)4-10-11(14)16-6-18(9)10/h2*2-4,6-7H,5H2,1H3;1-3,5-6H,4H2. The molecule has 0 N–H and O–H groups in total. The maximum atomic E-state index is 6.16. The summed E-state index contributed by atoms with van der Waals surface area (Å²) in [5.41, 5.74) is 11.7. The fourth-order valence-electron chi connectivity index (χ4n) is 7.31. The Morgan fingerprint density at radius 3 is 1.42 bits per heavy atom. The molecule has 282 valence electrons. The summed E-state index contributed by atoms with van der Waals surface area (Å²) in [5, 5.41) is 13.4. The number of benzene rings is 3. The quantitative estimate of drug-likeness (QED) is 0.140. The van der Waals surface area contributed by atoms with Crippen molar-refractivity contribution in [3.63, 3.8) is 0 Å². The number of halogens is 4. The second-order valence-corrected chi connectivity index (χ2v) is 17.1. The van der Waals surface area contributed by atoms with Gasteiger partial charge >= 0.3 is 0 Å². The molecule has 0 spiro atoms. The number of hydrogen-bond acceptors (Lipinski definition) is 9. The van der Waals surface area contributed by atoms with Crippen LogP contribution in [0.4, 0.5) is 0 Å². The van der Waals surface area contributed by atoms with Gasteiger partial charge in [-0.3, -0.25) is 4.57 Å².